The molecule has 1 aromatic heterocycles. The van der Waals surface area contributed by atoms with Crippen LogP contribution in [0.25, 0.3) is 60.5 Å². The molecule has 1 heterocycles. The van der Waals surface area contributed by atoms with Crippen LogP contribution < -0.4 is 0 Å². The average molecular weight is 486 g/mol. The summed E-state index contributed by atoms with van der Waals surface area (Å²) in [4.78, 5) is 0. The van der Waals surface area contributed by atoms with Gasteiger partial charge in [-0.2, -0.15) is 0 Å². The Balaban J connectivity index is 1.46. The number of para-hydroxylation sites is 2. The first-order chi connectivity index (χ1) is 18.6. The minimum atomic E-state index is -0.118. The molecule has 0 aliphatic heterocycles. The van der Waals surface area contributed by atoms with Gasteiger partial charge in [0.25, 0.3) is 0 Å². The Morgan fingerprint density at radius 3 is 1.74 bits per heavy atom. The SMILES string of the molecule is CC1(C)c2cc(-c3ccccc3)ccc2-c2c1cc(-n1c3ccccc3c3ccccc31)c1ccccc21. The van der Waals surface area contributed by atoms with Crippen molar-refractivity contribution in [2.75, 3.05) is 0 Å². The largest absolute Gasteiger partial charge is 0.309 e. The van der Waals surface area contributed by atoms with Gasteiger partial charge >= 0.3 is 0 Å². The summed E-state index contributed by atoms with van der Waals surface area (Å²) >= 11 is 0. The summed E-state index contributed by atoms with van der Waals surface area (Å²) in [5, 5.41) is 5.19. The highest BCUT2D eigenvalue weighted by molar-refractivity contribution is 6.12. The summed E-state index contributed by atoms with van der Waals surface area (Å²) in [5.74, 6) is 0. The maximum absolute atomic E-state index is 2.47. The van der Waals surface area contributed by atoms with Crippen molar-refractivity contribution in [3.63, 3.8) is 0 Å². The van der Waals surface area contributed by atoms with Crippen molar-refractivity contribution in [3.8, 4) is 27.9 Å². The molecule has 0 radical (unpaired) electrons. The summed E-state index contributed by atoms with van der Waals surface area (Å²) in [6.07, 6.45) is 0. The van der Waals surface area contributed by atoms with Gasteiger partial charge in [0, 0.05) is 21.6 Å². The first-order valence-corrected chi connectivity index (χ1v) is 13.4. The van der Waals surface area contributed by atoms with E-state index in [1.807, 2.05) is 0 Å². The van der Waals surface area contributed by atoms with Gasteiger partial charge in [-0.1, -0.05) is 117 Å². The molecule has 8 rings (SSSR count). The smallest absolute Gasteiger partial charge is 0.0544 e. The first kappa shape index (κ1) is 21.5. The molecule has 38 heavy (non-hydrogen) atoms. The van der Waals surface area contributed by atoms with Crippen molar-refractivity contribution >= 4 is 32.6 Å². The molecular weight excluding hydrogens is 458 g/mol. The fraction of sp³-hybridized carbons (Fsp3) is 0.0811. The van der Waals surface area contributed by atoms with E-state index in [2.05, 4.69) is 146 Å². The minimum absolute atomic E-state index is 0.118. The highest BCUT2D eigenvalue weighted by Gasteiger charge is 2.37. The average Bonchev–Trinajstić information content (AvgIpc) is 3.42. The quantitative estimate of drug-likeness (QED) is 0.230. The zero-order chi connectivity index (χ0) is 25.4. The lowest BCUT2D eigenvalue weighted by atomic mass is 9.81. The number of aromatic nitrogens is 1. The van der Waals surface area contributed by atoms with E-state index in [1.54, 1.807) is 0 Å². The molecule has 0 atom stereocenters. The maximum atomic E-state index is 2.47. The third kappa shape index (κ3) is 2.82. The van der Waals surface area contributed by atoms with Crippen LogP contribution in [0.2, 0.25) is 0 Å². The summed E-state index contributed by atoms with van der Waals surface area (Å²) < 4.78 is 2.47. The fourth-order valence-electron chi connectivity index (χ4n) is 6.74. The molecule has 0 saturated carbocycles. The fourth-order valence-corrected chi connectivity index (χ4v) is 6.74. The Bertz CT molecular complexity index is 1990. The van der Waals surface area contributed by atoms with Gasteiger partial charge in [0.2, 0.25) is 0 Å². The molecule has 0 spiro atoms. The van der Waals surface area contributed by atoms with Gasteiger partial charge in [0.05, 0.1) is 16.7 Å². The molecule has 1 aliphatic rings. The van der Waals surface area contributed by atoms with Crippen molar-refractivity contribution < 1.29 is 0 Å². The lowest BCUT2D eigenvalue weighted by Gasteiger charge is -2.24. The molecule has 0 amide bonds. The third-order valence-electron chi connectivity index (χ3n) is 8.59. The van der Waals surface area contributed by atoms with Gasteiger partial charge in [0.15, 0.2) is 0 Å². The van der Waals surface area contributed by atoms with Crippen molar-refractivity contribution in [2.24, 2.45) is 0 Å². The predicted octanol–water partition coefficient (Wildman–Crippen LogP) is 9.91. The Kier molecular flexibility index (Phi) is 4.35. The van der Waals surface area contributed by atoms with Crippen LogP contribution in [0, 0.1) is 0 Å². The van der Waals surface area contributed by atoms with E-state index in [0.29, 0.717) is 0 Å². The van der Waals surface area contributed by atoms with E-state index in [4.69, 9.17) is 0 Å². The standard InChI is InChI=1S/C37H27N/c1-37(2)31-22-25(24-12-4-3-5-13-24)20-21-30(31)36-29-17-7-6-16-28(29)35(23-32(36)37)38-33-18-10-8-14-26(33)27-15-9-11-19-34(27)38/h3-23H,1-2H3. The van der Waals surface area contributed by atoms with E-state index < -0.39 is 0 Å². The molecule has 180 valence electrons. The van der Waals surface area contributed by atoms with Crippen LogP contribution in [-0.4, -0.2) is 4.57 Å². The summed E-state index contributed by atoms with van der Waals surface area (Å²) in [6.45, 7) is 4.77. The van der Waals surface area contributed by atoms with Crippen molar-refractivity contribution in [2.45, 2.75) is 19.3 Å². The molecule has 7 aromatic rings. The van der Waals surface area contributed by atoms with Crippen molar-refractivity contribution in [1.82, 2.24) is 4.57 Å². The lowest BCUT2D eigenvalue weighted by Crippen LogP contribution is -2.15. The van der Waals surface area contributed by atoms with Gasteiger partial charge in [-0.3, -0.25) is 0 Å². The third-order valence-corrected chi connectivity index (χ3v) is 8.59. The van der Waals surface area contributed by atoms with Gasteiger partial charge in [-0.25, -0.2) is 0 Å². The Labute approximate surface area is 222 Å². The monoisotopic (exact) mass is 485 g/mol. The molecule has 0 bridgehead atoms. The molecule has 0 N–H and O–H groups in total. The number of hydrogen-bond donors (Lipinski definition) is 0. The summed E-state index contributed by atoms with van der Waals surface area (Å²) in [6, 6.07) is 46.8. The van der Waals surface area contributed by atoms with Crippen LogP contribution in [-0.2, 0) is 5.41 Å². The van der Waals surface area contributed by atoms with Crippen LogP contribution in [0.4, 0.5) is 0 Å². The zero-order valence-electron chi connectivity index (χ0n) is 21.6. The molecule has 1 heteroatoms. The van der Waals surface area contributed by atoms with Gasteiger partial charge < -0.3 is 4.57 Å². The highest BCUT2D eigenvalue weighted by Crippen LogP contribution is 2.53. The molecule has 1 aliphatic carbocycles. The van der Waals surface area contributed by atoms with Gasteiger partial charge in [-0.05, 0) is 63.0 Å². The predicted molar refractivity (Wildman–Crippen MR) is 161 cm³/mol. The molecule has 0 unspecified atom stereocenters. The minimum Gasteiger partial charge on any atom is -0.309 e. The topological polar surface area (TPSA) is 4.93 Å². The van der Waals surface area contributed by atoms with E-state index in [9.17, 15) is 0 Å². The summed E-state index contributed by atoms with van der Waals surface area (Å²) in [5.41, 5.74) is 11.7. The molecule has 1 nitrogen and oxygen atoms in total. The first-order valence-electron chi connectivity index (χ1n) is 13.4. The van der Waals surface area contributed by atoms with E-state index in [0.717, 1.165) is 0 Å². The second kappa shape index (κ2) is 7.69. The lowest BCUT2D eigenvalue weighted by molar-refractivity contribution is 0.660. The molecule has 6 aromatic carbocycles. The van der Waals surface area contributed by atoms with Crippen LogP contribution in [0.15, 0.2) is 127 Å². The number of fused-ring (bicyclic) bond motifs is 8. The second-order valence-electron chi connectivity index (χ2n) is 11.0. The van der Waals surface area contributed by atoms with Gasteiger partial charge in [0.1, 0.15) is 0 Å². The van der Waals surface area contributed by atoms with E-state index >= 15 is 0 Å². The molecular formula is C37H27N. The Hall–Kier alpha value is -4.62. The van der Waals surface area contributed by atoms with Gasteiger partial charge in [-0.15, -0.1) is 0 Å². The van der Waals surface area contributed by atoms with E-state index in [1.165, 1.54) is 71.6 Å². The normalized spacial score (nSPS) is 13.7. The molecule has 0 fully saturated rings. The summed E-state index contributed by atoms with van der Waals surface area (Å²) in [7, 11) is 0. The zero-order valence-corrected chi connectivity index (χ0v) is 21.6. The number of rotatable bonds is 2. The van der Waals surface area contributed by atoms with Crippen molar-refractivity contribution in [3.05, 3.63) is 139 Å². The Morgan fingerprint density at radius 2 is 1.05 bits per heavy atom. The van der Waals surface area contributed by atoms with Crippen LogP contribution >= 0.6 is 0 Å². The van der Waals surface area contributed by atoms with E-state index in [-0.39, 0.29) is 5.41 Å². The van der Waals surface area contributed by atoms with Crippen LogP contribution in [0.3, 0.4) is 0 Å². The number of nitrogens with zero attached hydrogens (tertiary/aromatic N) is 1. The van der Waals surface area contributed by atoms with Crippen LogP contribution in [0.5, 0.6) is 0 Å². The van der Waals surface area contributed by atoms with Crippen molar-refractivity contribution in [1.29, 1.82) is 0 Å². The molecule has 0 saturated heterocycles. The highest BCUT2D eigenvalue weighted by atomic mass is 15.0. The number of benzene rings is 6. The second-order valence-corrected chi connectivity index (χ2v) is 11.0. The maximum Gasteiger partial charge on any atom is 0.0544 e. The Morgan fingerprint density at radius 1 is 0.474 bits per heavy atom. The number of hydrogen-bond acceptors (Lipinski definition) is 0. The van der Waals surface area contributed by atoms with Crippen LogP contribution in [0.1, 0.15) is 25.0 Å².